The minimum Gasteiger partial charge on any atom is -0.325 e. The summed E-state index contributed by atoms with van der Waals surface area (Å²) in [6.07, 6.45) is 1.29. The average Bonchev–Trinajstić information content (AvgIpc) is 2.55. The first kappa shape index (κ1) is 19.7. The zero-order valence-electron chi connectivity index (χ0n) is 13.9. The highest BCUT2D eigenvalue weighted by molar-refractivity contribution is 8.00. The molecule has 0 aliphatic rings. The van der Waals surface area contributed by atoms with Crippen LogP contribution in [0.3, 0.4) is 0 Å². The van der Waals surface area contributed by atoms with Crippen molar-refractivity contribution in [2.45, 2.75) is 22.1 Å². The molecule has 0 bridgehead atoms. The SMILES string of the molecule is C[C@H](Sc1ccc(S(=O)(=O)N(C)C)cn1)C(=O)Nc1cccc(Cl)c1. The maximum atomic E-state index is 12.2. The molecule has 1 aromatic carbocycles. The van der Waals surface area contributed by atoms with Crippen LogP contribution in [0.1, 0.15) is 6.92 Å². The van der Waals surface area contributed by atoms with Crippen molar-refractivity contribution in [3.05, 3.63) is 47.6 Å². The number of benzene rings is 1. The van der Waals surface area contributed by atoms with Crippen molar-refractivity contribution in [3.63, 3.8) is 0 Å². The van der Waals surface area contributed by atoms with Crippen LogP contribution in [-0.2, 0) is 14.8 Å². The van der Waals surface area contributed by atoms with Crippen LogP contribution in [0.2, 0.25) is 5.02 Å². The number of halogens is 1. The van der Waals surface area contributed by atoms with Gasteiger partial charge in [-0.15, -0.1) is 0 Å². The third kappa shape index (κ3) is 5.18. The van der Waals surface area contributed by atoms with Gasteiger partial charge in [0.1, 0.15) is 4.90 Å². The van der Waals surface area contributed by atoms with E-state index in [1.54, 1.807) is 37.3 Å². The van der Waals surface area contributed by atoms with Crippen LogP contribution in [0.15, 0.2) is 52.5 Å². The highest BCUT2D eigenvalue weighted by Crippen LogP contribution is 2.24. The third-order valence-corrected chi connectivity index (χ3v) is 6.33. The maximum absolute atomic E-state index is 12.2. The van der Waals surface area contributed by atoms with Gasteiger partial charge in [0.2, 0.25) is 15.9 Å². The van der Waals surface area contributed by atoms with Crippen LogP contribution in [0.4, 0.5) is 5.69 Å². The van der Waals surface area contributed by atoms with Crippen LogP contribution >= 0.6 is 23.4 Å². The Hall–Kier alpha value is -1.61. The number of amides is 1. The van der Waals surface area contributed by atoms with Gasteiger partial charge in [0.05, 0.1) is 10.3 Å². The Bertz CT molecular complexity index is 855. The Morgan fingerprint density at radius 2 is 2.00 bits per heavy atom. The van der Waals surface area contributed by atoms with E-state index >= 15 is 0 Å². The minimum atomic E-state index is -3.51. The summed E-state index contributed by atoms with van der Waals surface area (Å²) in [5.74, 6) is -0.195. The molecule has 0 saturated heterocycles. The number of anilines is 1. The van der Waals surface area contributed by atoms with Crippen LogP contribution in [0.5, 0.6) is 0 Å². The summed E-state index contributed by atoms with van der Waals surface area (Å²) in [5, 5.41) is 3.47. The molecule has 25 heavy (non-hydrogen) atoms. The quantitative estimate of drug-likeness (QED) is 0.755. The Balaban J connectivity index is 2.03. The second-order valence-electron chi connectivity index (χ2n) is 5.38. The van der Waals surface area contributed by atoms with E-state index in [2.05, 4.69) is 10.3 Å². The van der Waals surface area contributed by atoms with Gasteiger partial charge in [-0.25, -0.2) is 17.7 Å². The molecular formula is C16H18ClN3O3S2. The van der Waals surface area contributed by atoms with Crippen molar-refractivity contribution in [2.75, 3.05) is 19.4 Å². The lowest BCUT2D eigenvalue weighted by Gasteiger charge is -2.13. The number of nitrogens with zero attached hydrogens (tertiary/aromatic N) is 2. The standard InChI is InChI=1S/C16H18ClN3O3S2/c1-11(16(21)19-13-6-4-5-12(17)9-13)24-15-8-7-14(10-18-15)25(22,23)20(2)3/h4-11H,1-3H3,(H,19,21)/t11-/m0/s1. The van der Waals surface area contributed by atoms with E-state index in [1.165, 1.54) is 38.1 Å². The number of hydrogen-bond donors (Lipinski definition) is 1. The smallest absolute Gasteiger partial charge is 0.244 e. The summed E-state index contributed by atoms with van der Waals surface area (Å²) in [7, 11) is -0.596. The molecule has 0 spiro atoms. The number of nitrogens with one attached hydrogen (secondary N) is 1. The number of sulfonamides is 1. The molecule has 1 heterocycles. The first-order chi connectivity index (χ1) is 11.7. The lowest BCUT2D eigenvalue weighted by atomic mass is 10.3. The van der Waals surface area contributed by atoms with Crippen molar-refractivity contribution in [1.82, 2.24) is 9.29 Å². The Morgan fingerprint density at radius 3 is 2.56 bits per heavy atom. The second kappa shape index (κ2) is 8.18. The van der Waals surface area contributed by atoms with Crippen molar-refractivity contribution in [2.24, 2.45) is 0 Å². The number of carbonyl (C=O) groups is 1. The van der Waals surface area contributed by atoms with Crippen LogP contribution in [0.25, 0.3) is 0 Å². The van der Waals surface area contributed by atoms with Gasteiger partial charge in [0, 0.05) is 31.0 Å². The van der Waals surface area contributed by atoms with E-state index < -0.39 is 15.3 Å². The molecule has 1 atom stereocenters. The molecule has 1 amide bonds. The van der Waals surface area contributed by atoms with Crippen molar-refractivity contribution < 1.29 is 13.2 Å². The van der Waals surface area contributed by atoms with Crippen LogP contribution in [-0.4, -0.2) is 43.0 Å². The van der Waals surface area contributed by atoms with Crippen LogP contribution in [0, 0.1) is 0 Å². The summed E-state index contributed by atoms with van der Waals surface area (Å²) >= 11 is 7.13. The minimum absolute atomic E-state index is 0.109. The zero-order chi connectivity index (χ0) is 18.6. The summed E-state index contributed by atoms with van der Waals surface area (Å²) in [6, 6.07) is 9.96. The highest BCUT2D eigenvalue weighted by atomic mass is 35.5. The number of thioether (sulfide) groups is 1. The predicted octanol–water partition coefficient (Wildman–Crippen LogP) is 3.10. The maximum Gasteiger partial charge on any atom is 0.244 e. The summed E-state index contributed by atoms with van der Waals surface area (Å²) in [5.41, 5.74) is 0.616. The fourth-order valence-electron chi connectivity index (χ4n) is 1.84. The monoisotopic (exact) mass is 399 g/mol. The molecule has 0 aliphatic heterocycles. The normalized spacial score (nSPS) is 12.8. The number of aromatic nitrogens is 1. The van der Waals surface area contributed by atoms with Gasteiger partial charge in [0.15, 0.2) is 0 Å². The first-order valence-corrected chi connectivity index (χ1v) is 10.0. The number of carbonyl (C=O) groups excluding carboxylic acids is 1. The van der Waals surface area contributed by atoms with E-state index in [0.29, 0.717) is 15.7 Å². The molecule has 0 aliphatic carbocycles. The molecule has 0 saturated carbocycles. The Kier molecular flexibility index (Phi) is 6.45. The third-order valence-electron chi connectivity index (χ3n) is 3.25. The van der Waals surface area contributed by atoms with E-state index in [-0.39, 0.29) is 10.8 Å². The molecule has 0 radical (unpaired) electrons. The van der Waals surface area contributed by atoms with Gasteiger partial charge < -0.3 is 5.32 Å². The molecule has 2 rings (SSSR count). The zero-order valence-corrected chi connectivity index (χ0v) is 16.3. The molecule has 134 valence electrons. The second-order valence-corrected chi connectivity index (χ2v) is 9.33. The van der Waals surface area contributed by atoms with Gasteiger partial charge in [-0.3, -0.25) is 4.79 Å². The largest absolute Gasteiger partial charge is 0.325 e. The van der Waals surface area contributed by atoms with E-state index in [1.807, 2.05) is 0 Å². The Labute approximate surface area is 156 Å². The number of rotatable bonds is 6. The number of hydrogen-bond acceptors (Lipinski definition) is 5. The molecule has 2 aromatic rings. The van der Waals surface area contributed by atoms with Gasteiger partial charge in [0.25, 0.3) is 0 Å². The topological polar surface area (TPSA) is 79.4 Å². The highest BCUT2D eigenvalue weighted by Gasteiger charge is 2.19. The van der Waals surface area contributed by atoms with E-state index in [9.17, 15) is 13.2 Å². The van der Waals surface area contributed by atoms with Crippen LogP contribution < -0.4 is 5.32 Å². The molecule has 1 aromatic heterocycles. The van der Waals surface area contributed by atoms with Crippen molar-refractivity contribution in [3.8, 4) is 0 Å². The molecule has 1 N–H and O–H groups in total. The lowest BCUT2D eigenvalue weighted by Crippen LogP contribution is -2.23. The molecule has 9 heteroatoms. The fraction of sp³-hybridized carbons (Fsp3) is 0.250. The predicted molar refractivity (Wildman–Crippen MR) is 101 cm³/mol. The van der Waals surface area contributed by atoms with Crippen molar-refractivity contribution in [1.29, 1.82) is 0 Å². The Morgan fingerprint density at radius 1 is 1.28 bits per heavy atom. The summed E-state index contributed by atoms with van der Waals surface area (Å²) < 4.78 is 25.1. The van der Waals surface area contributed by atoms with Gasteiger partial charge >= 0.3 is 0 Å². The van der Waals surface area contributed by atoms with Crippen molar-refractivity contribution >= 4 is 45.0 Å². The average molecular weight is 400 g/mol. The van der Waals surface area contributed by atoms with E-state index in [4.69, 9.17) is 11.6 Å². The fourth-order valence-corrected chi connectivity index (χ4v) is 3.67. The number of pyridine rings is 1. The van der Waals surface area contributed by atoms with Gasteiger partial charge in [-0.2, -0.15) is 0 Å². The molecular weight excluding hydrogens is 382 g/mol. The summed E-state index contributed by atoms with van der Waals surface area (Å²) in [4.78, 5) is 16.5. The van der Waals surface area contributed by atoms with E-state index in [0.717, 1.165) is 4.31 Å². The first-order valence-electron chi connectivity index (χ1n) is 7.32. The lowest BCUT2D eigenvalue weighted by molar-refractivity contribution is -0.115. The van der Waals surface area contributed by atoms with Gasteiger partial charge in [-0.05, 0) is 37.3 Å². The molecule has 0 fully saturated rings. The molecule has 0 unspecified atom stereocenters. The summed E-state index contributed by atoms with van der Waals surface area (Å²) in [6.45, 7) is 1.75. The van der Waals surface area contributed by atoms with Gasteiger partial charge in [-0.1, -0.05) is 29.4 Å². The molecule has 6 nitrogen and oxygen atoms in total.